The third kappa shape index (κ3) is 3.77. The van der Waals surface area contributed by atoms with E-state index in [1.807, 2.05) is 20.8 Å². The van der Waals surface area contributed by atoms with Gasteiger partial charge in [-0.25, -0.2) is 4.79 Å². The number of rotatable bonds is 1. The summed E-state index contributed by atoms with van der Waals surface area (Å²) < 4.78 is 5.45. The second-order valence-electron chi connectivity index (χ2n) is 6.56. The predicted octanol–water partition coefficient (Wildman–Crippen LogP) is 2.99. The summed E-state index contributed by atoms with van der Waals surface area (Å²) in [4.78, 5) is 14.0. The van der Waals surface area contributed by atoms with Gasteiger partial charge in [-0.3, -0.25) is 4.90 Å². The Hall–Kier alpha value is -2.06. The van der Waals surface area contributed by atoms with E-state index in [2.05, 4.69) is 6.07 Å². The zero-order chi connectivity index (χ0) is 16.3. The van der Waals surface area contributed by atoms with Crippen molar-refractivity contribution in [3.05, 3.63) is 35.4 Å². The summed E-state index contributed by atoms with van der Waals surface area (Å²) in [6, 6.07) is 8.60. The molecule has 1 heterocycles. The molecule has 1 amide bonds. The number of ether oxygens (including phenoxy) is 1. The molecule has 0 aromatic heterocycles. The number of nitrogens with zero attached hydrogens (tertiary/aromatic N) is 2. The van der Waals surface area contributed by atoms with Crippen LogP contribution < -0.4 is 0 Å². The topological polar surface area (TPSA) is 73.6 Å². The lowest BCUT2D eigenvalue weighted by molar-refractivity contribution is -0.0239. The predicted molar refractivity (Wildman–Crippen MR) is 82.1 cm³/mol. The van der Waals surface area contributed by atoms with Crippen LogP contribution in [0.3, 0.4) is 0 Å². The number of hydrogen-bond acceptors (Lipinski definition) is 4. The van der Waals surface area contributed by atoms with Crippen molar-refractivity contribution in [3.63, 3.8) is 0 Å². The monoisotopic (exact) mass is 302 g/mol. The molecule has 0 aliphatic carbocycles. The van der Waals surface area contributed by atoms with Crippen LogP contribution in [0.25, 0.3) is 0 Å². The number of piperidine rings is 1. The molecular formula is C17H22N2O3. The molecule has 5 heteroatoms. The molecule has 1 aliphatic rings. The van der Waals surface area contributed by atoms with Crippen molar-refractivity contribution < 1.29 is 14.6 Å². The highest BCUT2D eigenvalue weighted by atomic mass is 16.6. The number of aliphatic hydroxyl groups excluding tert-OH is 1. The van der Waals surface area contributed by atoms with Gasteiger partial charge in [0.05, 0.1) is 23.8 Å². The Morgan fingerprint density at radius 1 is 1.36 bits per heavy atom. The maximum Gasteiger partial charge on any atom is 0.410 e. The highest BCUT2D eigenvalue weighted by molar-refractivity contribution is 5.69. The van der Waals surface area contributed by atoms with Gasteiger partial charge in [-0.05, 0) is 51.3 Å². The van der Waals surface area contributed by atoms with Crippen molar-refractivity contribution in [1.29, 1.82) is 5.26 Å². The molecular weight excluding hydrogens is 280 g/mol. The van der Waals surface area contributed by atoms with E-state index in [0.29, 0.717) is 18.5 Å². The molecule has 1 aromatic carbocycles. The van der Waals surface area contributed by atoms with Crippen LogP contribution in [0.15, 0.2) is 24.3 Å². The Labute approximate surface area is 131 Å². The zero-order valence-corrected chi connectivity index (χ0v) is 13.2. The van der Waals surface area contributed by atoms with Crippen LogP contribution in [0.4, 0.5) is 4.79 Å². The minimum absolute atomic E-state index is 0.416. The lowest BCUT2D eigenvalue weighted by Gasteiger charge is -2.39. The molecule has 0 spiro atoms. The van der Waals surface area contributed by atoms with Gasteiger partial charge in [-0.2, -0.15) is 5.26 Å². The molecule has 0 bridgehead atoms. The Morgan fingerprint density at radius 2 is 2.00 bits per heavy atom. The quantitative estimate of drug-likeness (QED) is 0.865. The van der Waals surface area contributed by atoms with Crippen LogP contribution in [0, 0.1) is 11.3 Å². The number of aliphatic hydroxyl groups is 1. The number of benzene rings is 1. The molecule has 1 aromatic rings. The fourth-order valence-corrected chi connectivity index (χ4v) is 2.66. The number of nitriles is 1. The van der Waals surface area contributed by atoms with Crippen molar-refractivity contribution in [1.82, 2.24) is 4.90 Å². The third-order valence-corrected chi connectivity index (χ3v) is 3.61. The number of hydrogen-bond donors (Lipinski definition) is 1. The van der Waals surface area contributed by atoms with Crippen molar-refractivity contribution in [2.45, 2.75) is 51.4 Å². The largest absolute Gasteiger partial charge is 0.444 e. The Balaban J connectivity index is 2.26. The average Bonchev–Trinajstić information content (AvgIpc) is 2.45. The maximum absolute atomic E-state index is 12.4. The smallest absolute Gasteiger partial charge is 0.410 e. The van der Waals surface area contributed by atoms with Gasteiger partial charge < -0.3 is 9.84 Å². The first-order chi connectivity index (χ1) is 10.3. The van der Waals surface area contributed by atoms with E-state index in [9.17, 15) is 9.90 Å². The first kappa shape index (κ1) is 16.3. The van der Waals surface area contributed by atoms with Gasteiger partial charge in [-0.15, -0.1) is 0 Å². The highest BCUT2D eigenvalue weighted by Crippen LogP contribution is 2.32. The summed E-state index contributed by atoms with van der Waals surface area (Å²) in [7, 11) is 0. The summed E-state index contributed by atoms with van der Waals surface area (Å²) in [5.74, 6) is 0. The van der Waals surface area contributed by atoms with Crippen LogP contribution in [0.5, 0.6) is 0 Å². The second-order valence-corrected chi connectivity index (χ2v) is 6.56. The molecule has 22 heavy (non-hydrogen) atoms. The summed E-state index contributed by atoms with van der Waals surface area (Å²) in [5, 5.41) is 19.2. The highest BCUT2D eigenvalue weighted by Gasteiger charge is 2.36. The molecule has 0 saturated carbocycles. The summed E-state index contributed by atoms with van der Waals surface area (Å²) in [5.41, 5.74) is 0.796. The van der Waals surface area contributed by atoms with Crippen molar-refractivity contribution in [3.8, 4) is 6.07 Å². The van der Waals surface area contributed by atoms with Crippen LogP contribution in [-0.4, -0.2) is 34.3 Å². The van der Waals surface area contributed by atoms with Crippen LogP contribution >= 0.6 is 0 Å². The van der Waals surface area contributed by atoms with Gasteiger partial charge in [0.25, 0.3) is 0 Å². The third-order valence-electron chi connectivity index (χ3n) is 3.61. The summed E-state index contributed by atoms with van der Waals surface area (Å²) in [6.07, 6.45) is 0.340. The van der Waals surface area contributed by atoms with Crippen molar-refractivity contribution in [2.24, 2.45) is 0 Å². The van der Waals surface area contributed by atoms with Gasteiger partial charge in [0.1, 0.15) is 5.60 Å². The fourth-order valence-electron chi connectivity index (χ4n) is 2.66. The first-order valence-electron chi connectivity index (χ1n) is 7.49. The lowest BCUT2D eigenvalue weighted by Crippen LogP contribution is -2.47. The number of likely N-dealkylation sites (tertiary alicyclic amines) is 1. The normalized spacial score (nSPS) is 22.0. The van der Waals surface area contributed by atoms with E-state index in [1.54, 1.807) is 29.2 Å². The first-order valence-corrected chi connectivity index (χ1v) is 7.49. The minimum Gasteiger partial charge on any atom is -0.444 e. The number of carbonyl (C=O) groups excluding carboxylic acids is 1. The van der Waals surface area contributed by atoms with Gasteiger partial charge >= 0.3 is 6.09 Å². The Kier molecular flexibility index (Phi) is 4.72. The van der Waals surface area contributed by atoms with E-state index in [-0.39, 0.29) is 0 Å². The Bertz CT molecular complexity index is 569. The molecule has 1 saturated heterocycles. The average molecular weight is 302 g/mol. The molecule has 5 nitrogen and oxygen atoms in total. The van der Waals surface area contributed by atoms with Gasteiger partial charge in [0, 0.05) is 6.54 Å². The molecule has 1 aliphatic heterocycles. The van der Waals surface area contributed by atoms with E-state index in [1.165, 1.54) is 0 Å². The van der Waals surface area contributed by atoms with Gasteiger partial charge in [0.2, 0.25) is 0 Å². The van der Waals surface area contributed by atoms with Crippen LogP contribution in [0.2, 0.25) is 0 Å². The second kappa shape index (κ2) is 6.37. The Morgan fingerprint density at radius 3 is 2.55 bits per heavy atom. The van der Waals surface area contributed by atoms with Crippen molar-refractivity contribution >= 4 is 6.09 Å². The molecule has 2 atom stereocenters. The minimum atomic E-state index is -0.630. The standard InChI is InChI=1S/C17H22N2O3/c1-17(2,3)22-16(21)19-10-4-5-14(20)15(19)13-8-6-12(11-18)7-9-13/h6-9,14-15,20H,4-5,10H2,1-3H3/t14-,15-/m0/s1. The van der Waals surface area contributed by atoms with Crippen LogP contribution in [0.1, 0.15) is 50.8 Å². The molecule has 2 rings (SSSR count). The van der Waals surface area contributed by atoms with Gasteiger partial charge in [-0.1, -0.05) is 12.1 Å². The summed E-state index contributed by atoms with van der Waals surface area (Å²) in [6.45, 7) is 6.02. The van der Waals surface area contributed by atoms with E-state index >= 15 is 0 Å². The zero-order valence-electron chi connectivity index (χ0n) is 13.2. The summed E-state index contributed by atoms with van der Waals surface area (Å²) >= 11 is 0. The molecule has 0 unspecified atom stereocenters. The fraction of sp³-hybridized carbons (Fsp3) is 0.529. The SMILES string of the molecule is CC(C)(C)OC(=O)N1CCC[C@H](O)[C@@H]1c1ccc(C#N)cc1. The molecule has 1 fully saturated rings. The van der Waals surface area contributed by atoms with E-state index < -0.39 is 23.8 Å². The van der Waals surface area contributed by atoms with Crippen LogP contribution in [-0.2, 0) is 4.74 Å². The van der Waals surface area contributed by atoms with E-state index in [0.717, 1.165) is 12.0 Å². The lowest BCUT2D eigenvalue weighted by atomic mass is 9.92. The number of amides is 1. The maximum atomic E-state index is 12.4. The molecule has 1 N–H and O–H groups in total. The van der Waals surface area contributed by atoms with Gasteiger partial charge in [0.15, 0.2) is 0 Å². The number of carbonyl (C=O) groups is 1. The van der Waals surface area contributed by atoms with E-state index in [4.69, 9.17) is 10.00 Å². The molecule has 118 valence electrons. The van der Waals surface area contributed by atoms with Crippen molar-refractivity contribution in [2.75, 3.05) is 6.54 Å². The molecule has 0 radical (unpaired) electrons.